The van der Waals surface area contributed by atoms with Crippen molar-refractivity contribution in [1.82, 2.24) is 20.0 Å². The average Bonchev–Trinajstić information content (AvgIpc) is 3.24. The molecule has 0 spiro atoms. The molecule has 4 heterocycles. The number of para-hydroxylation sites is 1. The van der Waals surface area contributed by atoms with Gasteiger partial charge in [0.2, 0.25) is 11.8 Å². The van der Waals surface area contributed by atoms with Crippen LogP contribution in [0.3, 0.4) is 0 Å². The van der Waals surface area contributed by atoms with Gasteiger partial charge in [0.15, 0.2) is 0 Å². The number of anilines is 1. The van der Waals surface area contributed by atoms with Gasteiger partial charge >= 0.3 is 6.03 Å². The average molecular weight is 634 g/mol. The van der Waals surface area contributed by atoms with Crippen molar-refractivity contribution < 1.29 is 17.2 Å². The summed E-state index contributed by atoms with van der Waals surface area (Å²) in [7, 11) is 0. The van der Waals surface area contributed by atoms with Crippen LogP contribution in [-0.2, 0) is 16.0 Å². The highest BCUT2D eigenvalue weighted by molar-refractivity contribution is 8.01. The molecule has 0 aliphatic carbocycles. The van der Waals surface area contributed by atoms with Crippen molar-refractivity contribution in [2.24, 2.45) is 5.41 Å². The first-order valence-electron chi connectivity index (χ1n) is 16.6. The molecule has 2 aromatic rings. The number of urea groups is 1. The summed E-state index contributed by atoms with van der Waals surface area (Å²) in [5.74, 6) is 0.116. The van der Waals surface area contributed by atoms with E-state index in [9.17, 15) is 14.4 Å². The van der Waals surface area contributed by atoms with E-state index in [0.29, 0.717) is 26.2 Å². The first-order chi connectivity index (χ1) is 21.7. The van der Waals surface area contributed by atoms with Gasteiger partial charge in [0.05, 0.1) is 5.25 Å². The molecule has 0 saturated carbocycles. The second kappa shape index (κ2) is 13.6. The number of carbonyl (C=O) groups is 3. The first kappa shape index (κ1) is 31.7. The predicted octanol–water partition coefficient (Wildman–Crippen LogP) is 6.41. The van der Waals surface area contributed by atoms with Crippen LogP contribution in [0.1, 0.15) is 77.8 Å². The number of nitrogens with one attached hydrogen (secondary N) is 2. The highest BCUT2D eigenvalue weighted by Gasteiger charge is 2.44. The Morgan fingerprint density at radius 3 is 2.51 bits per heavy atom. The molecule has 4 aliphatic rings. The Bertz CT molecular complexity index is 1460. The van der Waals surface area contributed by atoms with Crippen LogP contribution in [0.4, 0.5) is 10.5 Å². The summed E-state index contributed by atoms with van der Waals surface area (Å²) in [6.45, 7) is 11.0. The van der Waals surface area contributed by atoms with Crippen molar-refractivity contribution in [1.29, 1.82) is 0 Å². The van der Waals surface area contributed by atoms with Crippen LogP contribution in [0.15, 0.2) is 54.6 Å². The van der Waals surface area contributed by atoms with Crippen LogP contribution in [0, 0.1) is 5.41 Å². The number of carbonyl (C=O) groups excluding carboxylic acids is 3. The number of likely N-dealkylation sites (tertiary alicyclic amines) is 1. The molecule has 2 unspecified atom stereocenters. The lowest BCUT2D eigenvalue weighted by atomic mass is 9.91. The van der Waals surface area contributed by atoms with E-state index in [-0.39, 0.29) is 44.0 Å². The summed E-state index contributed by atoms with van der Waals surface area (Å²) < 4.78 is 0. The van der Waals surface area contributed by atoms with Gasteiger partial charge in [-0.2, -0.15) is 0 Å². The smallest absolute Gasteiger partial charge is 0.322 e. The number of thioether (sulfide) groups is 1. The highest BCUT2D eigenvalue weighted by Crippen LogP contribution is 2.47. The van der Waals surface area contributed by atoms with E-state index >= 15 is 0 Å². The maximum absolute atomic E-state index is 14.0. The third-order valence-corrected chi connectivity index (χ3v) is 11.1. The minimum Gasteiger partial charge on any atom is -0.342 e. The summed E-state index contributed by atoms with van der Waals surface area (Å²) in [6.07, 6.45) is 6.66. The van der Waals surface area contributed by atoms with Crippen LogP contribution in [0.2, 0.25) is 0 Å². The van der Waals surface area contributed by atoms with Gasteiger partial charge < -0.3 is 25.3 Å². The van der Waals surface area contributed by atoms with Crippen LogP contribution in [0.5, 0.6) is 0 Å². The van der Waals surface area contributed by atoms with Crippen molar-refractivity contribution >= 4 is 40.9 Å². The topological polar surface area (TPSA) is 85.0 Å². The van der Waals surface area contributed by atoms with E-state index in [2.05, 4.69) is 67.8 Å². The lowest BCUT2D eigenvalue weighted by Crippen LogP contribution is -2.50. The number of amides is 4. The Morgan fingerprint density at radius 1 is 1.00 bits per heavy atom. The molecular formula is C36H51N5O3S. The Kier molecular flexibility index (Phi) is 9.57. The lowest BCUT2D eigenvalue weighted by molar-refractivity contribution is -0.137. The zero-order valence-electron chi connectivity index (χ0n) is 26.9. The third kappa shape index (κ3) is 7.25. The summed E-state index contributed by atoms with van der Waals surface area (Å²) in [6, 6.07) is 16.5. The summed E-state index contributed by atoms with van der Waals surface area (Å²) in [5, 5.41) is 5.98. The molecule has 2 N–H and O–H groups in total. The SMILES string of the molecule is CC(C)(C)CCN1C(=O)C(CC(=O)N2CCC(N3CCc4ccccc4NC3=O)CC2)SC1c1ccccc1C1=CCNCC1.[HH].[HH]. The van der Waals surface area contributed by atoms with Gasteiger partial charge in [0.25, 0.3) is 0 Å². The predicted molar refractivity (Wildman–Crippen MR) is 186 cm³/mol. The summed E-state index contributed by atoms with van der Waals surface area (Å²) in [5.41, 5.74) is 5.87. The molecule has 2 aromatic carbocycles. The minimum atomic E-state index is -0.398. The van der Waals surface area contributed by atoms with Gasteiger partial charge in [-0.25, -0.2) is 4.79 Å². The first-order valence-corrected chi connectivity index (χ1v) is 17.5. The summed E-state index contributed by atoms with van der Waals surface area (Å²) >= 11 is 1.65. The van der Waals surface area contributed by atoms with Crippen LogP contribution < -0.4 is 10.6 Å². The molecule has 0 aromatic heterocycles. The van der Waals surface area contributed by atoms with E-state index in [1.807, 2.05) is 32.9 Å². The number of hydrogen-bond donors (Lipinski definition) is 2. The number of benzene rings is 2. The lowest BCUT2D eigenvalue weighted by Gasteiger charge is -2.38. The number of fused-ring (bicyclic) bond motifs is 1. The molecule has 2 atom stereocenters. The van der Waals surface area contributed by atoms with Crippen molar-refractivity contribution in [2.45, 2.75) is 76.0 Å². The number of hydrogen-bond acceptors (Lipinski definition) is 5. The van der Waals surface area contributed by atoms with E-state index < -0.39 is 5.25 Å². The van der Waals surface area contributed by atoms with Gasteiger partial charge in [0.1, 0.15) is 5.37 Å². The molecule has 0 bridgehead atoms. The maximum atomic E-state index is 14.0. The monoisotopic (exact) mass is 633 g/mol. The van der Waals surface area contributed by atoms with Crippen LogP contribution >= 0.6 is 11.8 Å². The van der Waals surface area contributed by atoms with E-state index in [1.54, 1.807) is 11.8 Å². The Hall–Kier alpha value is -3.30. The zero-order valence-corrected chi connectivity index (χ0v) is 27.7. The highest BCUT2D eigenvalue weighted by atomic mass is 32.2. The van der Waals surface area contributed by atoms with Gasteiger partial charge in [-0.3, -0.25) is 9.59 Å². The number of rotatable bonds is 7. The zero-order chi connectivity index (χ0) is 31.6. The largest absolute Gasteiger partial charge is 0.342 e. The maximum Gasteiger partial charge on any atom is 0.322 e. The van der Waals surface area contributed by atoms with Crippen molar-refractivity contribution in [2.75, 3.05) is 44.6 Å². The Morgan fingerprint density at radius 2 is 1.76 bits per heavy atom. The molecule has 4 aliphatic heterocycles. The fraction of sp³-hybridized carbons (Fsp3) is 0.528. The molecular weight excluding hydrogens is 582 g/mol. The third-order valence-electron chi connectivity index (χ3n) is 9.63. The molecule has 45 heavy (non-hydrogen) atoms. The number of piperidine rings is 1. The molecule has 2 saturated heterocycles. The standard InChI is InChI=1S/C36H47N5O3S.2H2/c1-36(2,3)17-23-41-33(43)31(45-34(41)29-10-6-5-9-28(29)25-12-18-37-19-13-25)24-32(42)39-20-15-27(16-21-39)40-22-14-26-8-4-7-11-30(26)38-35(40)44;;/h4-12,27,31,34,37H,13-24H2,1-3H3,(H,38,44);2*1H. The van der Waals surface area contributed by atoms with Crippen molar-refractivity contribution in [3.8, 4) is 0 Å². The van der Waals surface area contributed by atoms with Gasteiger partial charge in [-0.1, -0.05) is 69.3 Å². The molecule has 6 rings (SSSR count). The fourth-order valence-corrected chi connectivity index (χ4v) is 8.48. The van der Waals surface area contributed by atoms with E-state index in [0.717, 1.165) is 56.4 Å². The second-order valence-corrected chi connectivity index (χ2v) is 15.2. The van der Waals surface area contributed by atoms with Crippen LogP contribution in [0.25, 0.3) is 5.57 Å². The Balaban J connectivity index is 0.00000250. The quantitative estimate of drug-likeness (QED) is 0.369. The number of nitrogens with zero attached hydrogens (tertiary/aromatic N) is 3. The molecule has 8 nitrogen and oxygen atoms in total. The van der Waals surface area contributed by atoms with Gasteiger partial charge in [0, 0.05) is 53.7 Å². The molecule has 9 heteroatoms. The van der Waals surface area contributed by atoms with Crippen molar-refractivity contribution in [3.63, 3.8) is 0 Å². The van der Waals surface area contributed by atoms with E-state index in [4.69, 9.17) is 0 Å². The van der Waals surface area contributed by atoms with Crippen molar-refractivity contribution in [3.05, 3.63) is 71.3 Å². The molecule has 2 fully saturated rings. The van der Waals surface area contributed by atoms with Gasteiger partial charge in [-0.15, -0.1) is 11.8 Å². The summed E-state index contributed by atoms with van der Waals surface area (Å²) in [4.78, 5) is 46.6. The molecule has 0 radical (unpaired) electrons. The second-order valence-electron chi connectivity index (χ2n) is 13.9. The molecule has 4 amide bonds. The minimum absolute atomic E-state index is 0. The molecule has 244 valence electrons. The van der Waals surface area contributed by atoms with Crippen LogP contribution in [-0.4, -0.2) is 83.1 Å². The fourth-order valence-electron chi connectivity index (χ4n) is 6.97. The van der Waals surface area contributed by atoms with Gasteiger partial charge in [-0.05, 0) is 72.4 Å². The Labute approximate surface area is 274 Å². The van der Waals surface area contributed by atoms with E-state index in [1.165, 1.54) is 16.7 Å². The normalized spacial score (nSPS) is 23.0.